The Morgan fingerprint density at radius 1 is 1.06 bits per heavy atom. The number of hydrogen-bond acceptors (Lipinski definition) is 2. The van der Waals surface area contributed by atoms with Gasteiger partial charge in [0.2, 0.25) is 0 Å². The molecular formula is C16H23NO. The quantitative estimate of drug-likeness (QED) is 0.822. The van der Waals surface area contributed by atoms with Crippen LogP contribution in [-0.2, 0) is 5.60 Å². The maximum absolute atomic E-state index is 11.4. The Labute approximate surface area is 110 Å². The Kier molecular flexibility index (Phi) is 3.16. The fourth-order valence-electron chi connectivity index (χ4n) is 4.02. The molecule has 1 saturated carbocycles. The molecule has 98 valence electrons. The lowest BCUT2D eigenvalue weighted by Gasteiger charge is -2.48. The third-order valence-electron chi connectivity index (χ3n) is 4.90. The van der Waals surface area contributed by atoms with E-state index in [1.807, 2.05) is 6.07 Å². The zero-order valence-electron chi connectivity index (χ0n) is 11.2. The summed E-state index contributed by atoms with van der Waals surface area (Å²) in [6, 6.07) is 10.4. The highest BCUT2D eigenvalue weighted by molar-refractivity contribution is 5.26. The summed E-state index contributed by atoms with van der Waals surface area (Å²) in [5, 5.41) is 11.4. The standard InChI is InChI=1S/C16H23NO/c1-17-11-14-9-5-6-10-15(12-17)16(14,18)13-7-3-2-4-8-13/h2-4,7-8,14-15,18H,5-6,9-12H2,1H3/t14-,15+,16?. The molecular weight excluding hydrogens is 222 g/mol. The van der Waals surface area contributed by atoms with Gasteiger partial charge in [0, 0.05) is 24.9 Å². The molecule has 2 heteroatoms. The summed E-state index contributed by atoms with van der Waals surface area (Å²) in [4.78, 5) is 2.40. The minimum absolute atomic E-state index is 0.395. The van der Waals surface area contributed by atoms with E-state index in [0.29, 0.717) is 11.8 Å². The summed E-state index contributed by atoms with van der Waals surface area (Å²) >= 11 is 0. The van der Waals surface area contributed by atoms with Gasteiger partial charge in [0.15, 0.2) is 0 Å². The second kappa shape index (κ2) is 4.67. The molecule has 0 amide bonds. The summed E-state index contributed by atoms with van der Waals surface area (Å²) < 4.78 is 0. The lowest BCUT2D eigenvalue weighted by atomic mass is 9.69. The molecule has 1 unspecified atom stereocenters. The molecule has 3 rings (SSSR count). The van der Waals surface area contributed by atoms with Crippen molar-refractivity contribution in [1.82, 2.24) is 4.90 Å². The van der Waals surface area contributed by atoms with E-state index in [-0.39, 0.29) is 0 Å². The minimum Gasteiger partial charge on any atom is -0.384 e. The van der Waals surface area contributed by atoms with Crippen molar-refractivity contribution in [2.24, 2.45) is 11.8 Å². The van der Waals surface area contributed by atoms with Crippen LogP contribution in [0.4, 0.5) is 0 Å². The Hall–Kier alpha value is -0.860. The third kappa shape index (κ3) is 1.88. The van der Waals surface area contributed by atoms with Crippen molar-refractivity contribution in [3.8, 4) is 0 Å². The highest BCUT2D eigenvalue weighted by Crippen LogP contribution is 2.47. The number of nitrogens with zero attached hydrogens (tertiary/aromatic N) is 1. The van der Waals surface area contributed by atoms with Gasteiger partial charge in [0.25, 0.3) is 0 Å². The molecule has 0 radical (unpaired) electrons. The van der Waals surface area contributed by atoms with E-state index < -0.39 is 5.60 Å². The maximum atomic E-state index is 11.4. The molecule has 1 heterocycles. The predicted molar refractivity (Wildman–Crippen MR) is 73.3 cm³/mol. The zero-order chi connectivity index (χ0) is 12.6. The van der Waals surface area contributed by atoms with E-state index >= 15 is 0 Å². The van der Waals surface area contributed by atoms with Crippen molar-refractivity contribution in [3.63, 3.8) is 0 Å². The molecule has 1 aromatic carbocycles. The highest BCUT2D eigenvalue weighted by Gasteiger charge is 2.49. The van der Waals surface area contributed by atoms with E-state index in [4.69, 9.17) is 0 Å². The van der Waals surface area contributed by atoms with Gasteiger partial charge in [0.05, 0.1) is 5.60 Å². The average Bonchev–Trinajstić information content (AvgIpc) is 2.48. The fraction of sp³-hybridized carbons (Fsp3) is 0.625. The van der Waals surface area contributed by atoms with Gasteiger partial charge >= 0.3 is 0 Å². The summed E-state index contributed by atoms with van der Waals surface area (Å²) in [6.45, 7) is 2.06. The normalized spacial score (nSPS) is 37.2. The van der Waals surface area contributed by atoms with Crippen LogP contribution in [0, 0.1) is 11.8 Å². The van der Waals surface area contributed by atoms with Crippen molar-refractivity contribution in [1.29, 1.82) is 0 Å². The first kappa shape index (κ1) is 12.2. The molecule has 1 N–H and O–H groups in total. The molecule has 1 aliphatic heterocycles. The fourth-order valence-corrected chi connectivity index (χ4v) is 4.02. The van der Waals surface area contributed by atoms with Crippen LogP contribution in [0.5, 0.6) is 0 Å². The SMILES string of the molecule is CN1C[C@H]2CCCC[C@@H](C1)C2(O)c1ccccc1. The van der Waals surface area contributed by atoms with E-state index in [2.05, 4.69) is 36.2 Å². The molecule has 2 aliphatic rings. The van der Waals surface area contributed by atoms with Gasteiger partial charge in [-0.2, -0.15) is 0 Å². The van der Waals surface area contributed by atoms with Gasteiger partial charge in [-0.1, -0.05) is 43.2 Å². The molecule has 2 bridgehead atoms. The number of rotatable bonds is 1. The van der Waals surface area contributed by atoms with Crippen molar-refractivity contribution >= 4 is 0 Å². The number of benzene rings is 1. The third-order valence-corrected chi connectivity index (χ3v) is 4.90. The van der Waals surface area contributed by atoms with Gasteiger partial charge < -0.3 is 10.0 Å². The number of likely N-dealkylation sites (tertiary alicyclic amines) is 1. The number of hydrogen-bond donors (Lipinski definition) is 1. The van der Waals surface area contributed by atoms with Gasteiger partial charge in [-0.05, 0) is 25.5 Å². The second-order valence-corrected chi connectivity index (χ2v) is 6.09. The van der Waals surface area contributed by atoms with E-state index in [9.17, 15) is 5.11 Å². The van der Waals surface area contributed by atoms with Gasteiger partial charge in [-0.25, -0.2) is 0 Å². The van der Waals surface area contributed by atoms with Gasteiger partial charge in [-0.15, -0.1) is 0 Å². The second-order valence-electron chi connectivity index (χ2n) is 6.09. The van der Waals surface area contributed by atoms with Gasteiger partial charge in [0.1, 0.15) is 0 Å². The average molecular weight is 245 g/mol. The topological polar surface area (TPSA) is 23.5 Å². The molecule has 1 aromatic rings. The Balaban J connectivity index is 2.02. The summed E-state index contributed by atoms with van der Waals surface area (Å²) in [5.41, 5.74) is 0.541. The van der Waals surface area contributed by atoms with Crippen LogP contribution in [0.1, 0.15) is 31.2 Å². The van der Waals surface area contributed by atoms with Crippen molar-refractivity contribution in [2.45, 2.75) is 31.3 Å². The van der Waals surface area contributed by atoms with E-state index in [1.165, 1.54) is 12.8 Å². The predicted octanol–water partition coefficient (Wildman–Crippen LogP) is 2.63. The van der Waals surface area contributed by atoms with Crippen molar-refractivity contribution in [2.75, 3.05) is 20.1 Å². The van der Waals surface area contributed by atoms with Crippen LogP contribution in [-0.4, -0.2) is 30.1 Å². The smallest absolute Gasteiger partial charge is 0.0976 e. The van der Waals surface area contributed by atoms with Crippen LogP contribution in [0.15, 0.2) is 30.3 Å². The molecule has 3 atom stereocenters. The summed E-state index contributed by atoms with van der Waals surface area (Å²) in [7, 11) is 2.19. The first-order chi connectivity index (χ1) is 8.71. The number of fused-ring (bicyclic) bond motifs is 2. The van der Waals surface area contributed by atoms with Crippen molar-refractivity contribution in [3.05, 3.63) is 35.9 Å². The van der Waals surface area contributed by atoms with Crippen LogP contribution in [0.25, 0.3) is 0 Å². The van der Waals surface area contributed by atoms with Crippen molar-refractivity contribution < 1.29 is 5.11 Å². The number of piperidine rings is 1. The van der Waals surface area contributed by atoms with E-state index in [0.717, 1.165) is 31.5 Å². The Bertz CT molecular complexity index is 387. The maximum Gasteiger partial charge on any atom is 0.0976 e. The monoisotopic (exact) mass is 245 g/mol. The molecule has 1 aliphatic carbocycles. The molecule has 0 aromatic heterocycles. The lowest BCUT2D eigenvalue weighted by Crippen LogP contribution is -2.54. The van der Waals surface area contributed by atoms with Crippen LogP contribution in [0.2, 0.25) is 0 Å². The Morgan fingerprint density at radius 3 is 2.17 bits per heavy atom. The first-order valence-electron chi connectivity index (χ1n) is 7.17. The molecule has 1 saturated heterocycles. The van der Waals surface area contributed by atoms with Crippen LogP contribution < -0.4 is 0 Å². The zero-order valence-corrected chi connectivity index (χ0v) is 11.2. The first-order valence-corrected chi connectivity index (χ1v) is 7.17. The molecule has 0 spiro atoms. The molecule has 2 fully saturated rings. The van der Waals surface area contributed by atoms with Gasteiger partial charge in [-0.3, -0.25) is 0 Å². The number of aliphatic hydroxyl groups is 1. The van der Waals surface area contributed by atoms with Crippen LogP contribution in [0.3, 0.4) is 0 Å². The summed E-state index contributed by atoms with van der Waals surface area (Å²) in [5.74, 6) is 0.789. The largest absolute Gasteiger partial charge is 0.384 e. The minimum atomic E-state index is -0.593. The molecule has 18 heavy (non-hydrogen) atoms. The summed E-state index contributed by atoms with van der Waals surface area (Å²) in [6.07, 6.45) is 4.85. The lowest BCUT2D eigenvalue weighted by molar-refractivity contribution is -0.117. The highest BCUT2D eigenvalue weighted by atomic mass is 16.3. The van der Waals surface area contributed by atoms with Crippen LogP contribution >= 0.6 is 0 Å². The van der Waals surface area contributed by atoms with E-state index in [1.54, 1.807) is 0 Å². The Morgan fingerprint density at radius 2 is 1.61 bits per heavy atom. The molecule has 2 nitrogen and oxygen atoms in total.